The number of hydrogen-bond acceptors (Lipinski definition) is 2. The lowest BCUT2D eigenvalue weighted by Gasteiger charge is -2.27. The smallest absolute Gasteiger partial charge is 0.0481 e. The number of nitrogens with zero attached hydrogens (tertiary/aromatic N) is 1. The highest BCUT2D eigenvalue weighted by molar-refractivity contribution is 5.84. The van der Waals surface area contributed by atoms with Gasteiger partial charge < -0.3 is 15.0 Å². The Bertz CT molecular complexity index is 540. The Labute approximate surface area is 108 Å². The predicted molar refractivity (Wildman–Crippen MR) is 73.4 cm³/mol. The van der Waals surface area contributed by atoms with E-state index < -0.39 is 0 Å². The van der Waals surface area contributed by atoms with Crippen LogP contribution in [0.15, 0.2) is 30.5 Å². The largest absolute Gasteiger partial charge is 0.381 e. The topological polar surface area (TPSA) is 40.2 Å². The van der Waals surface area contributed by atoms with Gasteiger partial charge in [-0.3, -0.25) is 0 Å². The molecule has 1 aliphatic rings. The second kappa shape index (κ2) is 4.75. The van der Waals surface area contributed by atoms with Gasteiger partial charge in [0.25, 0.3) is 0 Å². The van der Waals surface area contributed by atoms with Crippen molar-refractivity contribution in [1.82, 2.24) is 4.57 Å². The monoisotopic (exact) mass is 244 g/mol. The number of para-hydroxylation sites is 1. The van der Waals surface area contributed by atoms with Crippen LogP contribution in [0.5, 0.6) is 0 Å². The van der Waals surface area contributed by atoms with Gasteiger partial charge in [0.2, 0.25) is 0 Å². The highest BCUT2D eigenvalue weighted by atomic mass is 16.5. The molecule has 2 heterocycles. The first kappa shape index (κ1) is 11.8. The molecule has 0 aliphatic carbocycles. The van der Waals surface area contributed by atoms with Gasteiger partial charge in [0.05, 0.1) is 0 Å². The molecular weight excluding hydrogens is 224 g/mol. The van der Waals surface area contributed by atoms with Crippen LogP contribution in [-0.4, -0.2) is 17.8 Å². The van der Waals surface area contributed by atoms with Crippen LogP contribution in [0.2, 0.25) is 0 Å². The summed E-state index contributed by atoms with van der Waals surface area (Å²) in [6.07, 6.45) is 4.33. The Morgan fingerprint density at radius 2 is 2.00 bits per heavy atom. The lowest BCUT2D eigenvalue weighted by atomic mass is 9.88. The maximum Gasteiger partial charge on any atom is 0.0481 e. The summed E-state index contributed by atoms with van der Waals surface area (Å²) in [5.41, 5.74) is 9.02. The highest BCUT2D eigenvalue weighted by Gasteiger charge is 2.24. The third-order valence-corrected chi connectivity index (χ3v) is 4.06. The Kier molecular flexibility index (Phi) is 3.10. The molecule has 1 saturated heterocycles. The van der Waals surface area contributed by atoms with Gasteiger partial charge in [0.15, 0.2) is 0 Å². The number of aromatic nitrogens is 1. The summed E-state index contributed by atoms with van der Waals surface area (Å²) in [7, 11) is 2.09. The van der Waals surface area contributed by atoms with E-state index in [9.17, 15) is 0 Å². The summed E-state index contributed by atoms with van der Waals surface area (Å²) in [5, 5.41) is 1.29. The van der Waals surface area contributed by atoms with Crippen LogP contribution in [0.4, 0.5) is 0 Å². The molecule has 1 atom stereocenters. The van der Waals surface area contributed by atoms with Gasteiger partial charge in [-0.25, -0.2) is 0 Å². The average molecular weight is 244 g/mol. The van der Waals surface area contributed by atoms with E-state index in [-0.39, 0.29) is 6.04 Å². The molecule has 0 bridgehead atoms. The highest BCUT2D eigenvalue weighted by Crippen LogP contribution is 2.33. The number of nitrogens with two attached hydrogens (primary N) is 1. The molecule has 0 radical (unpaired) electrons. The van der Waals surface area contributed by atoms with E-state index in [4.69, 9.17) is 10.5 Å². The lowest BCUT2D eigenvalue weighted by Crippen LogP contribution is -2.27. The molecule has 1 aromatic heterocycles. The third kappa shape index (κ3) is 1.93. The van der Waals surface area contributed by atoms with E-state index in [1.807, 2.05) is 0 Å². The Balaban J connectivity index is 1.98. The van der Waals surface area contributed by atoms with Gasteiger partial charge >= 0.3 is 0 Å². The molecule has 0 saturated carbocycles. The summed E-state index contributed by atoms with van der Waals surface area (Å²) in [6, 6.07) is 8.61. The zero-order chi connectivity index (χ0) is 12.5. The van der Waals surface area contributed by atoms with Crippen LogP contribution < -0.4 is 5.73 Å². The van der Waals surface area contributed by atoms with E-state index >= 15 is 0 Å². The molecule has 1 aliphatic heterocycles. The first-order chi connectivity index (χ1) is 8.77. The molecule has 96 valence electrons. The van der Waals surface area contributed by atoms with Crippen molar-refractivity contribution in [1.29, 1.82) is 0 Å². The number of aryl methyl sites for hydroxylation is 1. The molecule has 0 spiro atoms. The Morgan fingerprint density at radius 3 is 2.78 bits per heavy atom. The molecule has 3 rings (SSSR count). The Morgan fingerprint density at radius 1 is 1.28 bits per heavy atom. The van der Waals surface area contributed by atoms with Crippen LogP contribution >= 0.6 is 0 Å². The van der Waals surface area contributed by atoms with Gasteiger partial charge in [-0.05, 0) is 30.4 Å². The van der Waals surface area contributed by atoms with Crippen molar-refractivity contribution in [2.45, 2.75) is 18.9 Å². The van der Waals surface area contributed by atoms with Crippen molar-refractivity contribution in [2.75, 3.05) is 13.2 Å². The van der Waals surface area contributed by atoms with Crippen molar-refractivity contribution in [3.05, 3.63) is 36.0 Å². The molecule has 0 unspecified atom stereocenters. The average Bonchev–Trinajstić information content (AvgIpc) is 2.77. The fraction of sp³-hybridized carbons (Fsp3) is 0.467. The van der Waals surface area contributed by atoms with E-state index in [1.54, 1.807) is 0 Å². The molecule has 2 aromatic rings. The first-order valence-corrected chi connectivity index (χ1v) is 6.64. The molecule has 3 heteroatoms. The summed E-state index contributed by atoms with van der Waals surface area (Å²) in [5.74, 6) is 0.546. The maximum absolute atomic E-state index is 6.48. The number of fused-ring (bicyclic) bond motifs is 1. The lowest BCUT2D eigenvalue weighted by molar-refractivity contribution is 0.0585. The number of benzene rings is 1. The van der Waals surface area contributed by atoms with E-state index in [0.29, 0.717) is 5.92 Å². The van der Waals surface area contributed by atoms with Crippen molar-refractivity contribution in [3.63, 3.8) is 0 Å². The van der Waals surface area contributed by atoms with Gasteiger partial charge in [-0.2, -0.15) is 0 Å². The van der Waals surface area contributed by atoms with Crippen molar-refractivity contribution < 1.29 is 4.74 Å². The zero-order valence-corrected chi connectivity index (χ0v) is 10.8. The fourth-order valence-electron chi connectivity index (χ4n) is 2.97. The van der Waals surface area contributed by atoms with Crippen molar-refractivity contribution in [2.24, 2.45) is 18.7 Å². The van der Waals surface area contributed by atoms with Gasteiger partial charge in [-0.15, -0.1) is 0 Å². The van der Waals surface area contributed by atoms with Crippen LogP contribution in [0.1, 0.15) is 24.4 Å². The quantitative estimate of drug-likeness (QED) is 0.882. The van der Waals surface area contributed by atoms with Crippen molar-refractivity contribution in [3.8, 4) is 0 Å². The maximum atomic E-state index is 6.48. The summed E-state index contributed by atoms with van der Waals surface area (Å²) >= 11 is 0. The number of ether oxygens (including phenoxy) is 1. The second-order valence-corrected chi connectivity index (χ2v) is 5.19. The standard InChI is InChI=1S/C15H20N2O/c1-17-10-13(12-4-2-3-5-14(12)17)15(16)11-6-8-18-9-7-11/h2-5,10-11,15H,6-9,16H2,1H3/t15-/m0/s1. The van der Waals surface area contributed by atoms with Crippen LogP contribution in [0.3, 0.4) is 0 Å². The summed E-state index contributed by atoms with van der Waals surface area (Å²) in [4.78, 5) is 0. The molecule has 18 heavy (non-hydrogen) atoms. The van der Waals surface area contributed by atoms with Crippen LogP contribution in [-0.2, 0) is 11.8 Å². The first-order valence-electron chi connectivity index (χ1n) is 6.64. The summed E-state index contributed by atoms with van der Waals surface area (Å²) < 4.78 is 7.59. The van der Waals surface area contributed by atoms with E-state index in [0.717, 1.165) is 26.1 Å². The normalized spacial score (nSPS) is 19.2. The van der Waals surface area contributed by atoms with Gasteiger partial charge in [0, 0.05) is 43.4 Å². The second-order valence-electron chi connectivity index (χ2n) is 5.19. The molecule has 0 amide bonds. The van der Waals surface area contributed by atoms with E-state index in [1.165, 1.54) is 16.5 Å². The zero-order valence-electron chi connectivity index (χ0n) is 10.8. The van der Waals surface area contributed by atoms with E-state index in [2.05, 4.69) is 42.1 Å². The SMILES string of the molecule is Cn1cc([C@@H](N)C2CCOCC2)c2ccccc21. The molecule has 1 fully saturated rings. The minimum atomic E-state index is 0.125. The van der Waals surface area contributed by atoms with Crippen molar-refractivity contribution >= 4 is 10.9 Å². The predicted octanol–water partition coefficient (Wildman–Crippen LogP) is 2.60. The Hall–Kier alpha value is -1.32. The number of hydrogen-bond donors (Lipinski definition) is 1. The van der Waals surface area contributed by atoms with Gasteiger partial charge in [-0.1, -0.05) is 18.2 Å². The van der Waals surface area contributed by atoms with Gasteiger partial charge in [0.1, 0.15) is 0 Å². The molecule has 1 aromatic carbocycles. The molecule has 3 nitrogen and oxygen atoms in total. The molecule has 2 N–H and O–H groups in total. The minimum absolute atomic E-state index is 0.125. The third-order valence-electron chi connectivity index (χ3n) is 4.06. The van der Waals surface area contributed by atoms with Crippen LogP contribution in [0, 0.1) is 5.92 Å². The summed E-state index contributed by atoms with van der Waals surface area (Å²) in [6.45, 7) is 1.70. The van der Waals surface area contributed by atoms with Crippen LogP contribution in [0.25, 0.3) is 10.9 Å². The minimum Gasteiger partial charge on any atom is -0.381 e. The molecular formula is C15H20N2O. The fourth-order valence-corrected chi connectivity index (χ4v) is 2.97. The number of rotatable bonds is 2.